The first-order valence-electron chi connectivity index (χ1n) is 3.71. The second-order valence-corrected chi connectivity index (χ2v) is 2.29. The lowest BCUT2D eigenvalue weighted by Crippen LogP contribution is -1.90. The first-order chi connectivity index (χ1) is 5.34. The van der Waals surface area contributed by atoms with Gasteiger partial charge in [-0.3, -0.25) is 4.98 Å². The average Bonchev–Trinajstić information content (AvgIpc) is 2.03. The molecule has 0 amide bonds. The molecule has 1 aromatic heterocycles. The Morgan fingerprint density at radius 1 is 1.64 bits per heavy atom. The van der Waals surface area contributed by atoms with E-state index in [-0.39, 0.29) is 0 Å². The van der Waals surface area contributed by atoms with Gasteiger partial charge < -0.3 is 5.73 Å². The lowest BCUT2D eigenvalue weighted by atomic mass is 10.2. The molecule has 0 saturated carbocycles. The van der Waals surface area contributed by atoms with Crippen LogP contribution in [0.15, 0.2) is 24.4 Å². The summed E-state index contributed by atoms with van der Waals surface area (Å²) in [4.78, 5) is 4.10. The zero-order valence-corrected chi connectivity index (χ0v) is 6.62. The minimum atomic E-state index is 0.734. The molecule has 0 unspecified atom stereocenters. The molecule has 0 aliphatic heterocycles. The lowest BCUT2D eigenvalue weighted by molar-refractivity contribution is 1.22. The van der Waals surface area contributed by atoms with Crippen LogP contribution in [-0.2, 0) is 0 Å². The van der Waals surface area contributed by atoms with E-state index < -0.39 is 0 Å². The molecule has 0 saturated heterocycles. The summed E-state index contributed by atoms with van der Waals surface area (Å²) in [5, 5.41) is 0. The van der Waals surface area contributed by atoms with E-state index in [0.29, 0.717) is 0 Å². The van der Waals surface area contributed by atoms with E-state index in [0.717, 1.165) is 17.8 Å². The van der Waals surface area contributed by atoms with Gasteiger partial charge in [0.15, 0.2) is 0 Å². The van der Waals surface area contributed by atoms with Crippen LogP contribution in [0.1, 0.15) is 19.0 Å². The number of hydrogen-bond donors (Lipinski definition) is 1. The van der Waals surface area contributed by atoms with Crippen molar-refractivity contribution in [3.63, 3.8) is 0 Å². The Labute approximate surface area is 66.8 Å². The fourth-order valence-corrected chi connectivity index (χ4v) is 0.799. The maximum atomic E-state index is 5.65. The normalized spacial score (nSPS) is 10.6. The first kappa shape index (κ1) is 7.79. The Morgan fingerprint density at radius 3 is 3.09 bits per heavy atom. The van der Waals surface area contributed by atoms with Crippen molar-refractivity contribution in [2.45, 2.75) is 13.3 Å². The lowest BCUT2D eigenvalue weighted by Gasteiger charge is -1.95. The molecule has 1 aromatic rings. The van der Waals surface area contributed by atoms with Crippen molar-refractivity contribution >= 4 is 11.8 Å². The zero-order chi connectivity index (χ0) is 8.10. The summed E-state index contributed by atoms with van der Waals surface area (Å²) in [6.07, 6.45) is 6.73. The highest BCUT2D eigenvalue weighted by Crippen LogP contribution is 2.08. The van der Waals surface area contributed by atoms with Gasteiger partial charge in [-0.15, -0.1) is 0 Å². The number of nitrogen functional groups attached to an aromatic ring is 1. The smallest absolute Gasteiger partial charge is 0.0855 e. The van der Waals surface area contributed by atoms with Gasteiger partial charge in [0, 0.05) is 6.20 Å². The molecule has 2 N–H and O–H groups in total. The van der Waals surface area contributed by atoms with E-state index >= 15 is 0 Å². The van der Waals surface area contributed by atoms with Crippen LogP contribution in [0.25, 0.3) is 6.08 Å². The number of aromatic nitrogens is 1. The van der Waals surface area contributed by atoms with Crippen LogP contribution in [0.3, 0.4) is 0 Å². The fraction of sp³-hybridized carbons (Fsp3) is 0.222. The molecule has 0 aliphatic carbocycles. The number of hydrogen-bond acceptors (Lipinski definition) is 2. The maximum Gasteiger partial charge on any atom is 0.0855 e. The molecular formula is C9H12N2. The van der Waals surface area contributed by atoms with Crippen LogP contribution >= 0.6 is 0 Å². The largest absolute Gasteiger partial charge is 0.397 e. The summed E-state index contributed by atoms with van der Waals surface area (Å²) in [5.41, 5.74) is 7.24. The predicted molar refractivity (Wildman–Crippen MR) is 48.0 cm³/mol. The van der Waals surface area contributed by atoms with E-state index in [9.17, 15) is 0 Å². The minimum absolute atomic E-state index is 0.734. The first-order valence-corrected chi connectivity index (χ1v) is 3.71. The average molecular weight is 148 g/mol. The van der Waals surface area contributed by atoms with Crippen molar-refractivity contribution in [3.8, 4) is 0 Å². The summed E-state index contributed by atoms with van der Waals surface area (Å²) in [5.74, 6) is 0. The molecule has 58 valence electrons. The topological polar surface area (TPSA) is 38.9 Å². The van der Waals surface area contributed by atoms with Gasteiger partial charge >= 0.3 is 0 Å². The van der Waals surface area contributed by atoms with E-state index in [1.54, 1.807) is 6.20 Å². The molecule has 1 heterocycles. The number of nitrogens with zero attached hydrogens (tertiary/aromatic N) is 1. The van der Waals surface area contributed by atoms with Crippen LogP contribution < -0.4 is 5.73 Å². The van der Waals surface area contributed by atoms with Gasteiger partial charge in [0.1, 0.15) is 0 Å². The molecule has 0 aromatic carbocycles. The Balaban J connectivity index is 2.86. The highest BCUT2D eigenvalue weighted by Gasteiger charge is 1.91. The van der Waals surface area contributed by atoms with Crippen LogP contribution in [0.5, 0.6) is 0 Å². The molecule has 0 fully saturated rings. The standard InChI is InChI=1S/C9H12N2/c1-2-3-6-9-8(10)5-4-7-11-9/h3-7H,2,10H2,1H3/b6-3-. The fourth-order valence-electron chi connectivity index (χ4n) is 0.799. The summed E-state index contributed by atoms with van der Waals surface area (Å²) in [6.45, 7) is 2.08. The molecule has 0 bridgehead atoms. The van der Waals surface area contributed by atoms with Crippen molar-refractivity contribution in [2.75, 3.05) is 5.73 Å². The van der Waals surface area contributed by atoms with Crippen molar-refractivity contribution in [3.05, 3.63) is 30.1 Å². The molecular weight excluding hydrogens is 136 g/mol. The molecule has 0 aliphatic rings. The van der Waals surface area contributed by atoms with E-state index in [1.165, 1.54) is 0 Å². The molecule has 0 spiro atoms. The molecule has 0 radical (unpaired) electrons. The Bertz CT molecular complexity index is 253. The Kier molecular flexibility index (Phi) is 2.66. The summed E-state index contributed by atoms with van der Waals surface area (Å²) in [7, 11) is 0. The van der Waals surface area contributed by atoms with Gasteiger partial charge in [-0.25, -0.2) is 0 Å². The number of nitrogens with two attached hydrogens (primary N) is 1. The third kappa shape index (κ3) is 2.08. The maximum absolute atomic E-state index is 5.65. The van der Waals surface area contributed by atoms with Crippen molar-refractivity contribution in [1.82, 2.24) is 4.98 Å². The molecule has 1 rings (SSSR count). The third-order valence-corrected chi connectivity index (χ3v) is 1.38. The number of anilines is 1. The highest BCUT2D eigenvalue weighted by molar-refractivity contribution is 5.59. The third-order valence-electron chi connectivity index (χ3n) is 1.38. The van der Waals surface area contributed by atoms with Gasteiger partial charge in [0.25, 0.3) is 0 Å². The van der Waals surface area contributed by atoms with Gasteiger partial charge in [-0.1, -0.05) is 13.0 Å². The summed E-state index contributed by atoms with van der Waals surface area (Å²) in [6, 6.07) is 3.68. The number of pyridine rings is 1. The number of allylic oxidation sites excluding steroid dienone is 1. The van der Waals surface area contributed by atoms with Crippen LogP contribution in [0.4, 0.5) is 5.69 Å². The Hall–Kier alpha value is -1.31. The molecule has 2 heteroatoms. The van der Waals surface area contributed by atoms with Crippen LogP contribution in [0.2, 0.25) is 0 Å². The second-order valence-electron chi connectivity index (χ2n) is 2.29. The Morgan fingerprint density at radius 2 is 2.45 bits per heavy atom. The SMILES string of the molecule is CC/C=C\c1ncccc1N. The monoisotopic (exact) mass is 148 g/mol. The minimum Gasteiger partial charge on any atom is -0.397 e. The molecule has 2 nitrogen and oxygen atoms in total. The van der Waals surface area contributed by atoms with E-state index in [1.807, 2.05) is 24.3 Å². The van der Waals surface area contributed by atoms with E-state index in [4.69, 9.17) is 5.73 Å². The molecule has 0 atom stereocenters. The van der Waals surface area contributed by atoms with Gasteiger partial charge in [0.05, 0.1) is 11.4 Å². The van der Waals surface area contributed by atoms with Crippen LogP contribution in [-0.4, -0.2) is 4.98 Å². The highest BCUT2D eigenvalue weighted by atomic mass is 14.7. The van der Waals surface area contributed by atoms with Gasteiger partial charge in [-0.2, -0.15) is 0 Å². The van der Waals surface area contributed by atoms with Gasteiger partial charge in [-0.05, 0) is 24.6 Å². The van der Waals surface area contributed by atoms with Crippen molar-refractivity contribution in [2.24, 2.45) is 0 Å². The predicted octanol–water partition coefficient (Wildman–Crippen LogP) is 2.09. The molecule has 11 heavy (non-hydrogen) atoms. The second kappa shape index (κ2) is 3.76. The quantitative estimate of drug-likeness (QED) is 0.697. The summed E-state index contributed by atoms with van der Waals surface area (Å²) >= 11 is 0. The van der Waals surface area contributed by atoms with E-state index in [2.05, 4.69) is 11.9 Å². The van der Waals surface area contributed by atoms with Crippen LogP contribution in [0, 0.1) is 0 Å². The number of rotatable bonds is 2. The van der Waals surface area contributed by atoms with Crippen molar-refractivity contribution < 1.29 is 0 Å². The van der Waals surface area contributed by atoms with Gasteiger partial charge in [0.2, 0.25) is 0 Å². The summed E-state index contributed by atoms with van der Waals surface area (Å²) < 4.78 is 0. The zero-order valence-electron chi connectivity index (χ0n) is 6.62. The van der Waals surface area contributed by atoms with Crippen molar-refractivity contribution in [1.29, 1.82) is 0 Å².